The van der Waals surface area contributed by atoms with Gasteiger partial charge in [0.15, 0.2) is 0 Å². The number of nitrogens with two attached hydrogens (primary N) is 1. The fraction of sp³-hybridized carbons (Fsp3) is 0.600. The molecular formula is C5H8N2O2. The van der Waals surface area contributed by atoms with Gasteiger partial charge >= 0.3 is 0 Å². The van der Waals surface area contributed by atoms with Crippen LogP contribution in [0, 0.1) is 11.3 Å². The van der Waals surface area contributed by atoms with Crippen LogP contribution in [-0.2, 0) is 4.79 Å². The highest BCUT2D eigenvalue weighted by atomic mass is 16.3. The predicted molar refractivity (Wildman–Crippen MR) is 30.3 cm³/mol. The molecule has 0 rings (SSSR count). The highest BCUT2D eigenvalue weighted by Gasteiger charge is 2.06. The molecule has 50 valence electrons. The third kappa shape index (κ3) is 3.64. The van der Waals surface area contributed by atoms with E-state index in [9.17, 15) is 4.79 Å². The van der Waals surface area contributed by atoms with E-state index in [-0.39, 0.29) is 6.42 Å². The zero-order valence-corrected chi connectivity index (χ0v) is 4.82. The van der Waals surface area contributed by atoms with E-state index >= 15 is 0 Å². The number of nitriles is 1. The molecule has 0 amide bonds. The lowest BCUT2D eigenvalue weighted by Crippen LogP contribution is -2.24. The van der Waals surface area contributed by atoms with E-state index < -0.39 is 12.1 Å². The molecule has 4 heteroatoms. The van der Waals surface area contributed by atoms with Crippen LogP contribution in [0.25, 0.3) is 0 Å². The van der Waals surface area contributed by atoms with Crippen molar-refractivity contribution in [2.24, 2.45) is 5.73 Å². The Kier molecular flexibility index (Phi) is 3.60. The third-order valence-corrected chi connectivity index (χ3v) is 0.818. The van der Waals surface area contributed by atoms with Crippen molar-refractivity contribution in [2.75, 3.05) is 0 Å². The number of carbonyl (C=O) groups excluding carboxylic acids is 1. The topological polar surface area (TPSA) is 87.1 Å². The quantitative estimate of drug-likeness (QED) is 0.467. The van der Waals surface area contributed by atoms with E-state index in [4.69, 9.17) is 16.1 Å². The van der Waals surface area contributed by atoms with Crippen LogP contribution >= 0.6 is 0 Å². The zero-order chi connectivity index (χ0) is 7.28. The van der Waals surface area contributed by atoms with E-state index in [0.29, 0.717) is 6.29 Å². The molecule has 0 aromatic rings. The van der Waals surface area contributed by atoms with Crippen LogP contribution in [0.2, 0.25) is 0 Å². The van der Waals surface area contributed by atoms with E-state index in [0.717, 1.165) is 0 Å². The standard InChI is InChI=1S/C5H8N2O2/c6-2-4(7)1-5(9)3-8/h3-5,9H,1,7H2. The largest absolute Gasteiger partial charge is 0.386 e. The fourth-order valence-electron chi connectivity index (χ4n) is 0.368. The molecule has 9 heavy (non-hydrogen) atoms. The number of aliphatic hydroxyl groups is 1. The molecule has 0 aromatic heterocycles. The second kappa shape index (κ2) is 4.01. The lowest BCUT2D eigenvalue weighted by molar-refractivity contribution is -0.115. The SMILES string of the molecule is N#CC(N)CC(O)C=O. The molecule has 2 atom stereocenters. The average molecular weight is 128 g/mol. The first-order chi connectivity index (χ1) is 4.20. The van der Waals surface area contributed by atoms with Crippen LogP contribution in [-0.4, -0.2) is 23.5 Å². The molecule has 0 aliphatic carbocycles. The summed E-state index contributed by atoms with van der Waals surface area (Å²) < 4.78 is 0. The van der Waals surface area contributed by atoms with Gasteiger partial charge in [0.25, 0.3) is 0 Å². The van der Waals surface area contributed by atoms with Gasteiger partial charge < -0.3 is 15.6 Å². The maximum absolute atomic E-state index is 9.74. The lowest BCUT2D eigenvalue weighted by atomic mass is 10.2. The molecule has 0 saturated heterocycles. The summed E-state index contributed by atoms with van der Waals surface area (Å²) >= 11 is 0. The Morgan fingerprint density at radius 1 is 1.89 bits per heavy atom. The first-order valence-electron chi connectivity index (χ1n) is 2.49. The molecule has 0 saturated carbocycles. The number of hydrogen-bond donors (Lipinski definition) is 2. The second-order valence-electron chi connectivity index (χ2n) is 1.67. The molecule has 0 aliphatic rings. The summed E-state index contributed by atoms with van der Waals surface area (Å²) in [4.78, 5) is 9.74. The third-order valence-electron chi connectivity index (χ3n) is 0.818. The minimum Gasteiger partial charge on any atom is -0.386 e. The number of carbonyl (C=O) groups is 1. The molecule has 0 aromatic carbocycles. The Balaban J connectivity index is 3.49. The minimum absolute atomic E-state index is 0.0139. The van der Waals surface area contributed by atoms with Crippen molar-refractivity contribution in [2.45, 2.75) is 18.6 Å². The van der Waals surface area contributed by atoms with Gasteiger partial charge in [-0.15, -0.1) is 0 Å². The molecule has 0 spiro atoms. The van der Waals surface area contributed by atoms with Gasteiger partial charge in [0.05, 0.1) is 12.1 Å². The fourth-order valence-corrected chi connectivity index (χ4v) is 0.368. The Bertz CT molecular complexity index is 129. The Morgan fingerprint density at radius 2 is 2.44 bits per heavy atom. The highest BCUT2D eigenvalue weighted by molar-refractivity contribution is 5.55. The van der Waals surface area contributed by atoms with E-state index in [2.05, 4.69) is 0 Å². The highest BCUT2D eigenvalue weighted by Crippen LogP contribution is 1.90. The van der Waals surface area contributed by atoms with E-state index in [1.165, 1.54) is 0 Å². The Morgan fingerprint density at radius 3 is 2.78 bits per heavy atom. The van der Waals surface area contributed by atoms with Crippen molar-refractivity contribution in [3.05, 3.63) is 0 Å². The van der Waals surface area contributed by atoms with Crippen molar-refractivity contribution < 1.29 is 9.90 Å². The molecule has 0 radical (unpaired) electrons. The van der Waals surface area contributed by atoms with Crippen LogP contribution in [0.4, 0.5) is 0 Å². The molecule has 4 nitrogen and oxygen atoms in total. The van der Waals surface area contributed by atoms with Crippen LogP contribution in [0.1, 0.15) is 6.42 Å². The molecule has 2 unspecified atom stereocenters. The van der Waals surface area contributed by atoms with E-state index in [1.54, 1.807) is 6.07 Å². The van der Waals surface area contributed by atoms with Gasteiger partial charge in [-0.25, -0.2) is 0 Å². The number of aldehydes is 1. The van der Waals surface area contributed by atoms with Crippen LogP contribution in [0.3, 0.4) is 0 Å². The van der Waals surface area contributed by atoms with Gasteiger partial charge in [-0.05, 0) is 0 Å². The molecular weight excluding hydrogens is 120 g/mol. The molecule has 0 aliphatic heterocycles. The number of aliphatic hydroxyl groups excluding tert-OH is 1. The Labute approximate surface area is 52.9 Å². The number of nitrogens with zero attached hydrogens (tertiary/aromatic N) is 1. The lowest BCUT2D eigenvalue weighted by Gasteiger charge is -2.01. The maximum atomic E-state index is 9.74. The number of hydrogen-bond acceptors (Lipinski definition) is 4. The predicted octanol–water partition coefficient (Wildman–Crippen LogP) is -1.21. The van der Waals surface area contributed by atoms with Crippen molar-refractivity contribution in [3.8, 4) is 6.07 Å². The van der Waals surface area contributed by atoms with Crippen molar-refractivity contribution in [3.63, 3.8) is 0 Å². The first-order valence-corrected chi connectivity index (χ1v) is 2.49. The zero-order valence-electron chi connectivity index (χ0n) is 4.82. The van der Waals surface area contributed by atoms with Gasteiger partial charge in [0.1, 0.15) is 12.4 Å². The minimum atomic E-state index is -1.10. The van der Waals surface area contributed by atoms with Crippen molar-refractivity contribution in [1.82, 2.24) is 0 Å². The van der Waals surface area contributed by atoms with Crippen LogP contribution in [0.15, 0.2) is 0 Å². The summed E-state index contributed by atoms with van der Waals surface area (Å²) in [6.07, 6.45) is -0.725. The molecule has 3 N–H and O–H groups in total. The molecule has 0 fully saturated rings. The average Bonchev–Trinajstić information content (AvgIpc) is 1.87. The van der Waals surface area contributed by atoms with Crippen LogP contribution < -0.4 is 5.73 Å². The Hall–Kier alpha value is -0.920. The smallest absolute Gasteiger partial charge is 0.148 e. The van der Waals surface area contributed by atoms with Gasteiger partial charge in [-0.1, -0.05) is 0 Å². The summed E-state index contributed by atoms with van der Waals surface area (Å²) in [5.74, 6) is 0. The molecule has 0 bridgehead atoms. The summed E-state index contributed by atoms with van der Waals surface area (Å²) in [6.45, 7) is 0. The van der Waals surface area contributed by atoms with Crippen molar-refractivity contribution >= 4 is 6.29 Å². The summed E-state index contributed by atoms with van der Waals surface area (Å²) in [6, 6.07) is 0.944. The van der Waals surface area contributed by atoms with Gasteiger partial charge in [-0.3, -0.25) is 0 Å². The van der Waals surface area contributed by atoms with Gasteiger partial charge in [-0.2, -0.15) is 5.26 Å². The van der Waals surface area contributed by atoms with E-state index in [1.807, 2.05) is 0 Å². The summed E-state index contributed by atoms with van der Waals surface area (Å²) in [5.41, 5.74) is 5.07. The van der Waals surface area contributed by atoms with Crippen LogP contribution in [0.5, 0.6) is 0 Å². The first kappa shape index (κ1) is 8.08. The summed E-state index contributed by atoms with van der Waals surface area (Å²) in [7, 11) is 0. The molecule has 0 heterocycles. The monoisotopic (exact) mass is 128 g/mol. The maximum Gasteiger partial charge on any atom is 0.148 e. The van der Waals surface area contributed by atoms with Crippen molar-refractivity contribution in [1.29, 1.82) is 5.26 Å². The second-order valence-corrected chi connectivity index (χ2v) is 1.67. The number of rotatable bonds is 3. The van der Waals surface area contributed by atoms with Gasteiger partial charge in [0.2, 0.25) is 0 Å². The van der Waals surface area contributed by atoms with Gasteiger partial charge in [0, 0.05) is 6.42 Å². The summed E-state index contributed by atoms with van der Waals surface area (Å²) in [5, 5.41) is 16.6. The normalized spacial score (nSPS) is 15.7.